The summed E-state index contributed by atoms with van der Waals surface area (Å²) >= 11 is 13.5. The van der Waals surface area contributed by atoms with Gasteiger partial charge in [0.05, 0.1) is 20.6 Å². The number of guanidine groups is 1. The van der Waals surface area contributed by atoms with Crippen LogP contribution in [-0.2, 0) is 0 Å². The second kappa shape index (κ2) is 6.13. The highest BCUT2D eigenvalue weighted by molar-refractivity contribution is 7.98. The van der Waals surface area contributed by atoms with Gasteiger partial charge in [0.15, 0.2) is 0 Å². The first-order valence-corrected chi connectivity index (χ1v) is 7.90. The van der Waals surface area contributed by atoms with Gasteiger partial charge in [0.1, 0.15) is 0 Å². The molecule has 0 saturated heterocycles. The minimum atomic E-state index is 0.525. The monoisotopic (exact) mass is 338 g/mol. The van der Waals surface area contributed by atoms with Gasteiger partial charge in [0.25, 0.3) is 0 Å². The number of hydrogen-bond acceptors (Lipinski definition) is 5. The molecule has 2 aromatic rings. The molecule has 0 saturated carbocycles. The predicted molar refractivity (Wildman–Crippen MR) is 90.6 cm³/mol. The molecule has 0 amide bonds. The summed E-state index contributed by atoms with van der Waals surface area (Å²) in [6.07, 6.45) is 3.53. The quantitative estimate of drug-likeness (QED) is 0.805. The Balaban J connectivity index is 1.91. The van der Waals surface area contributed by atoms with Crippen LogP contribution in [0.1, 0.15) is 6.92 Å². The first kappa shape index (κ1) is 14.5. The minimum absolute atomic E-state index is 0.525. The third kappa shape index (κ3) is 2.95. The van der Waals surface area contributed by atoms with Gasteiger partial charge in [-0.1, -0.05) is 23.2 Å². The first-order valence-electron chi connectivity index (χ1n) is 6.37. The normalized spacial score (nSPS) is 13.2. The summed E-state index contributed by atoms with van der Waals surface area (Å²) in [7, 11) is 0. The van der Waals surface area contributed by atoms with Crippen LogP contribution in [0.25, 0.3) is 0 Å². The molecular formula is C14H12Cl2N4S. The van der Waals surface area contributed by atoms with E-state index in [0.29, 0.717) is 10.0 Å². The number of pyridine rings is 1. The molecule has 1 aromatic carbocycles. The average molecular weight is 339 g/mol. The van der Waals surface area contributed by atoms with Crippen LogP contribution in [0, 0.1) is 0 Å². The maximum atomic E-state index is 6.08. The Hall–Kier alpha value is -1.43. The molecule has 3 rings (SSSR count). The van der Waals surface area contributed by atoms with Gasteiger partial charge in [0.2, 0.25) is 5.96 Å². The molecule has 21 heavy (non-hydrogen) atoms. The zero-order valence-electron chi connectivity index (χ0n) is 11.2. The Morgan fingerprint density at radius 3 is 2.62 bits per heavy atom. The minimum Gasteiger partial charge on any atom is -0.324 e. The summed E-state index contributed by atoms with van der Waals surface area (Å²) in [6, 6.07) is 7.53. The van der Waals surface area contributed by atoms with Crippen molar-refractivity contribution in [1.29, 1.82) is 0 Å². The second-order valence-corrected chi connectivity index (χ2v) is 5.96. The van der Waals surface area contributed by atoms with Crippen LogP contribution in [0.3, 0.4) is 0 Å². The van der Waals surface area contributed by atoms with Crippen molar-refractivity contribution in [2.75, 3.05) is 16.8 Å². The highest BCUT2D eigenvalue weighted by Gasteiger charge is 2.19. The van der Waals surface area contributed by atoms with E-state index in [1.54, 1.807) is 12.4 Å². The van der Waals surface area contributed by atoms with Crippen molar-refractivity contribution in [3.05, 3.63) is 46.7 Å². The fourth-order valence-corrected chi connectivity index (χ4v) is 3.13. The highest BCUT2D eigenvalue weighted by atomic mass is 35.5. The van der Waals surface area contributed by atoms with Crippen LogP contribution < -0.4 is 10.2 Å². The van der Waals surface area contributed by atoms with E-state index in [9.17, 15) is 0 Å². The van der Waals surface area contributed by atoms with Gasteiger partial charge in [0, 0.05) is 36.6 Å². The fraction of sp³-hybridized carbons (Fsp3) is 0.143. The summed E-state index contributed by atoms with van der Waals surface area (Å²) in [5.41, 5.74) is 1.94. The molecule has 0 aliphatic carbocycles. The SMILES string of the molecule is CCN(C1=NSc2cc(Cl)c(Cl)cc2N1)c1ccncc1. The number of nitrogens with zero attached hydrogens (tertiary/aromatic N) is 3. The molecule has 1 N–H and O–H groups in total. The third-order valence-electron chi connectivity index (χ3n) is 3.05. The zero-order valence-corrected chi connectivity index (χ0v) is 13.5. The lowest BCUT2D eigenvalue weighted by molar-refractivity contribution is 1.05. The van der Waals surface area contributed by atoms with E-state index in [-0.39, 0.29) is 0 Å². The Morgan fingerprint density at radius 2 is 1.90 bits per heavy atom. The van der Waals surface area contributed by atoms with Gasteiger partial charge >= 0.3 is 0 Å². The molecule has 0 spiro atoms. The number of aromatic nitrogens is 1. The number of benzene rings is 1. The smallest absolute Gasteiger partial charge is 0.215 e. The average Bonchev–Trinajstić information content (AvgIpc) is 2.50. The number of rotatable bonds is 2. The molecule has 0 atom stereocenters. The van der Waals surface area contributed by atoms with E-state index in [1.165, 1.54) is 11.9 Å². The largest absolute Gasteiger partial charge is 0.324 e. The molecule has 0 radical (unpaired) electrons. The topological polar surface area (TPSA) is 40.5 Å². The number of halogens is 2. The Labute approximate surface area is 137 Å². The van der Waals surface area contributed by atoms with Gasteiger partial charge in [-0.3, -0.25) is 4.98 Å². The first-order chi connectivity index (χ1) is 10.2. The molecule has 4 nitrogen and oxygen atoms in total. The lowest BCUT2D eigenvalue weighted by Gasteiger charge is -2.28. The summed E-state index contributed by atoms with van der Waals surface area (Å²) in [4.78, 5) is 7.07. The van der Waals surface area contributed by atoms with E-state index in [4.69, 9.17) is 23.2 Å². The van der Waals surface area contributed by atoms with E-state index < -0.39 is 0 Å². The molecule has 1 aliphatic rings. The van der Waals surface area contributed by atoms with Crippen LogP contribution in [0.4, 0.5) is 11.4 Å². The van der Waals surface area contributed by atoms with Crippen LogP contribution >= 0.6 is 35.1 Å². The molecule has 1 aliphatic heterocycles. The Kier molecular flexibility index (Phi) is 4.24. The molecule has 2 heterocycles. The van der Waals surface area contributed by atoms with Crippen molar-refractivity contribution in [2.24, 2.45) is 4.40 Å². The predicted octanol–water partition coefficient (Wildman–Crippen LogP) is 4.70. The van der Waals surface area contributed by atoms with Gasteiger partial charge in [-0.2, -0.15) is 4.40 Å². The van der Waals surface area contributed by atoms with E-state index >= 15 is 0 Å². The molecule has 1 aromatic heterocycles. The molecule has 7 heteroatoms. The lowest BCUT2D eigenvalue weighted by Crippen LogP contribution is -2.37. The summed E-state index contributed by atoms with van der Waals surface area (Å²) < 4.78 is 4.52. The number of fused-ring (bicyclic) bond motifs is 1. The van der Waals surface area contributed by atoms with Crippen molar-refractivity contribution in [3.8, 4) is 0 Å². The Morgan fingerprint density at radius 1 is 1.19 bits per heavy atom. The van der Waals surface area contributed by atoms with Crippen molar-refractivity contribution < 1.29 is 0 Å². The molecular weight excluding hydrogens is 327 g/mol. The molecule has 0 bridgehead atoms. The summed E-state index contributed by atoms with van der Waals surface area (Å²) in [5, 5.41) is 4.36. The van der Waals surface area contributed by atoms with Gasteiger partial charge < -0.3 is 10.2 Å². The van der Waals surface area contributed by atoms with Gasteiger partial charge in [-0.25, -0.2) is 0 Å². The van der Waals surface area contributed by atoms with Crippen LogP contribution in [0.5, 0.6) is 0 Å². The summed E-state index contributed by atoms with van der Waals surface area (Å²) in [6.45, 7) is 2.85. The van der Waals surface area contributed by atoms with Crippen LogP contribution in [0.2, 0.25) is 10.0 Å². The number of hydrogen-bond donors (Lipinski definition) is 1. The van der Waals surface area contributed by atoms with E-state index in [2.05, 4.69) is 26.5 Å². The zero-order chi connectivity index (χ0) is 14.8. The van der Waals surface area contributed by atoms with Crippen LogP contribution in [0.15, 0.2) is 46.0 Å². The van der Waals surface area contributed by atoms with E-state index in [0.717, 1.165) is 28.8 Å². The Bertz CT molecular complexity index is 691. The number of anilines is 2. The third-order valence-corrected chi connectivity index (χ3v) is 4.57. The van der Waals surface area contributed by atoms with Crippen molar-refractivity contribution in [1.82, 2.24) is 4.98 Å². The fourth-order valence-electron chi connectivity index (χ4n) is 2.03. The maximum absolute atomic E-state index is 6.08. The van der Waals surface area contributed by atoms with Crippen molar-refractivity contribution >= 4 is 52.5 Å². The van der Waals surface area contributed by atoms with Crippen molar-refractivity contribution in [2.45, 2.75) is 11.8 Å². The number of nitrogens with one attached hydrogen (secondary N) is 1. The second-order valence-electron chi connectivity index (χ2n) is 4.34. The van der Waals surface area contributed by atoms with Gasteiger partial charge in [-0.05, 0) is 31.2 Å². The van der Waals surface area contributed by atoms with Gasteiger partial charge in [-0.15, -0.1) is 0 Å². The molecule has 0 fully saturated rings. The molecule has 108 valence electrons. The lowest BCUT2D eigenvalue weighted by atomic mass is 10.3. The van der Waals surface area contributed by atoms with E-state index in [1.807, 2.05) is 24.3 Å². The molecule has 0 unspecified atom stereocenters. The van der Waals surface area contributed by atoms with Crippen molar-refractivity contribution in [3.63, 3.8) is 0 Å². The summed E-state index contributed by atoms with van der Waals surface area (Å²) in [5.74, 6) is 0.764. The van der Waals surface area contributed by atoms with Crippen LogP contribution in [-0.4, -0.2) is 17.5 Å². The highest BCUT2D eigenvalue weighted by Crippen LogP contribution is 2.38. The maximum Gasteiger partial charge on any atom is 0.215 e. The standard InChI is InChI=1S/C14H12Cl2N4S/c1-2-20(9-3-5-17-6-4-9)14-18-12-7-10(15)11(16)8-13(12)21-19-14/h3-8H,2H2,1H3,(H,18,19).